The molecule has 3 heterocycles. The van der Waals surface area contributed by atoms with Gasteiger partial charge < -0.3 is 5.32 Å². The van der Waals surface area contributed by atoms with E-state index >= 15 is 0 Å². The molecule has 0 aliphatic carbocycles. The Morgan fingerprint density at radius 1 is 1.16 bits per heavy atom. The molecule has 1 N–H and O–H groups in total. The molecule has 0 saturated carbocycles. The number of carbonyl (C=O) groups is 1. The fourth-order valence-electron chi connectivity index (χ4n) is 2.65. The summed E-state index contributed by atoms with van der Waals surface area (Å²) < 4.78 is 2.15. The Kier molecular flexibility index (Phi) is 3.99. The molecule has 0 spiro atoms. The SMILES string of the molecule is O=C(NCCn1cnc2ccsc2c1=O)c1ccc2ncccc2c1. The summed E-state index contributed by atoms with van der Waals surface area (Å²) in [5, 5.41) is 5.60. The van der Waals surface area contributed by atoms with E-state index in [9.17, 15) is 9.59 Å². The second kappa shape index (κ2) is 6.45. The maximum Gasteiger partial charge on any atom is 0.271 e. The van der Waals surface area contributed by atoms with E-state index in [2.05, 4.69) is 15.3 Å². The van der Waals surface area contributed by atoms with Gasteiger partial charge in [0.15, 0.2) is 0 Å². The molecule has 6 nitrogen and oxygen atoms in total. The summed E-state index contributed by atoms with van der Waals surface area (Å²) in [6.45, 7) is 0.725. The van der Waals surface area contributed by atoms with Crippen LogP contribution in [0.2, 0.25) is 0 Å². The number of pyridine rings is 1. The number of fused-ring (bicyclic) bond motifs is 2. The van der Waals surface area contributed by atoms with Crippen molar-refractivity contribution in [2.24, 2.45) is 0 Å². The molecule has 0 aliphatic heterocycles. The average molecular weight is 350 g/mol. The van der Waals surface area contributed by atoms with Crippen molar-refractivity contribution in [3.8, 4) is 0 Å². The highest BCUT2D eigenvalue weighted by atomic mass is 32.1. The van der Waals surface area contributed by atoms with Crippen molar-refractivity contribution >= 4 is 38.4 Å². The lowest BCUT2D eigenvalue weighted by Gasteiger charge is -2.08. The molecule has 7 heteroatoms. The Labute approximate surface area is 146 Å². The standard InChI is InChI=1S/C18H14N4O2S/c23-17(13-3-4-14-12(10-13)2-1-6-19-14)20-7-8-22-11-21-15-5-9-25-16(15)18(22)24/h1-6,9-11H,7-8H2,(H,20,23). The van der Waals surface area contributed by atoms with E-state index in [0.29, 0.717) is 28.9 Å². The summed E-state index contributed by atoms with van der Waals surface area (Å²) in [5.41, 5.74) is 2.05. The summed E-state index contributed by atoms with van der Waals surface area (Å²) in [7, 11) is 0. The van der Waals surface area contributed by atoms with Crippen molar-refractivity contribution in [2.45, 2.75) is 6.54 Å². The van der Waals surface area contributed by atoms with Crippen molar-refractivity contribution < 1.29 is 4.79 Å². The van der Waals surface area contributed by atoms with Crippen molar-refractivity contribution in [2.75, 3.05) is 6.54 Å². The minimum absolute atomic E-state index is 0.0778. The van der Waals surface area contributed by atoms with Gasteiger partial charge in [-0.1, -0.05) is 6.07 Å². The molecule has 0 saturated heterocycles. The highest BCUT2D eigenvalue weighted by Gasteiger charge is 2.08. The van der Waals surface area contributed by atoms with Gasteiger partial charge in [-0.2, -0.15) is 0 Å². The van der Waals surface area contributed by atoms with Crippen LogP contribution in [0.25, 0.3) is 21.1 Å². The van der Waals surface area contributed by atoms with Gasteiger partial charge in [0.1, 0.15) is 4.70 Å². The second-order valence-electron chi connectivity index (χ2n) is 5.54. The van der Waals surface area contributed by atoms with Gasteiger partial charge in [-0.05, 0) is 35.7 Å². The first kappa shape index (κ1) is 15.5. The topological polar surface area (TPSA) is 76.9 Å². The largest absolute Gasteiger partial charge is 0.350 e. The highest BCUT2D eigenvalue weighted by Crippen LogP contribution is 2.14. The monoisotopic (exact) mass is 350 g/mol. The van der Waals surface area contributed by atoms with Crippen LogP contribution in [0.4, 0.5) is 0 Å². The summed E-state index contributed by atoms with van der Waals surface area (Å²) in [6, 6.07) is 11.0. The van der Waals surface area contributed by atoms with Crippen LogP contribution in [0.5, 0.6) is 0 Å². The maximum absolute atomic E-state index is 12.3. The van der Waals surface area contributed by atoms with E-state index in [1.807, 2.05) is 35.7 Å². The molecule has 1 aromatic carbocycles. The molecular weight excluding hydrogens is 336 g/mol. The molecule has 0 atom stereocenters. The Morgan fingerprint density at radius 2 is 2.08 bits per heavy atom. The average Bonchev–Trinajstić information content (AvgIpc) is 3.12. The molecule has 25 heavy (non-hydrogen) atoms. The quantitative estimate of drug-likeness (QED) is 0.613. The third-order valence-electron chi connectivity index (χ3n) is 3.94. The fraction of sp³-hybridized carbons (Fsp3) is 0.111. The predicted octanol–water partition coefficient (Wildman–Crippen LogP) is 2.44. The number of nitrogens with one attached hydrogen (secondary N) is 1. The summed E-state index contributed by atoms with van der Waals surface area (Å²) in [5.74, 6) is -0.177. The number of thiophene rings is 1. The molecule has 0 aliphatic rings. The number of benzene rings is 1. The van der Waals surface area contributed by atoms with E-state index < -0.39 is 0 Å². The van der Waals surface area contributed by atoms with Gasteiger partial charge in [0.25, 0.3) is 11.5 Å². The van der Waals surface area contributed by atoms with Crippen molar-refractivity contribution in [3.05, 3.63) is 70.2 Å². The van der Waals surface area contributed by atoms with Crippen LogP contribution in [-0.4, -0.2) is 27.0 Å². The number of hydrogen-bond acceptors (Lipinski definition) is 5. The lowest BCUT2D eigenvalue weighted by molar-refractivity contribution is 0.0952. The number of rotatable bonds is 4. The van der Waals surface area contributed by atoms with Gasteiger partial charge >= 0.3 is 0 Å². The van der Waals surface area contributed by atoms with Crippen LogP contribution in [0.3, 0.4) is 0 Å². The minimum atomic E-state index is -0.177. The van der Waals surface area contributed by atoms with Gasteiger partial charge in [-0.3, -0.25) is 19.1 Å². The van der Waals surface area contributed by atoms with Crippen LogP contribution in [0.15, 0.2) is 59.1 Å². The minimum Gasteiger partial charge on any atom is -0.350 e. The Balaban J connectivity index is 1.45. The number of nitrogens with zero attached hydrogens (tertiary/aromatic N) is 3. The van der Waals surface area contributed by atoms with E-state index in [1.165, 1.54) is 22.2 Å². The molecular formula is C18H14N4O2S. The van der Waals surface area contributed by atoms with E-state index in [1.54, 1.807) is 12.3 Å². The summed E-state index contributed by atoms with van der Waals surface area (Å²) in [6.07, 6.45) is 3.24. The number of aromatic nitrogens is 3. The van der Waals surface area contributed by atoms with E-state index in [-0.39, 0.29) is 11.5 Å². The molecule has 4 rings (SSSR count). The Hall–Kier alpha value is -3.06. The smallest absolute Gasteiger partial charge is 0.271 e. The third-order valence-corrected chi connectivity index (χ3v) is 4.83. The molecule has 1 amide bonds. The zero-order valence-corrected chi connectivity index (χ0v) is 14.0. The van der Waals surface area contributed by atoms with Gasteiger partial charge in [0.2, 0.25) is 0 Å². The van der Waals surface area contributed by atoms with E-state index in [4.69, 9.17) is 0 Å². The Morgan fingerprint density at radius 3 is 3.00 bits per heavy atom. The van der Waals surface area contributed by atoms with Crippen LogP contribution in [0.1, 0.15) is 10.4 Å². The first-order chi connectivity index (χ1) is 12.2. The first-order valence-electron chi connectivity index (χ1n) is 7.78. The van der Waals surface area contributed by atoms with Gasteiger partial charge in [-0.15, -0.1) is 11.3 Å². The lowest BCUT2D eigenvalue weighted by atomic mass is 10.1. The van der Waals surface area contributed by atoms with Crippen LogP contribution in [-0.2, 0) is 6.54 Å². The second-order valence-corrected chi connectivity index (χ2v) is 6.46. The lowest BCUT2D eigenvalue weighted by Crippen LogP contribution is -2.30. The van der Waals surface area contributed by atoms with Crippen LogP contribution < -0.4 is 10.9 Å². The first-order valence-corrected chi connectivity index (χ1v) is 8.66. The Bertz CT molecular complexity index is 1130. The zero-order chi connectivity index (χ0) is 17.2. The number of hydrogen-bond donors (Lipinski definition) is 1. The normalized spacial score (nSPS) is 11.0. The molecule has 124 valence electrons. The molecule has 0 bridgehead atoms. The summed E-state index contributed by atoms with van der Waals surface area (Å²) >= 11 is 1.38. The van der Waals surface area contributed by atoms with Crippen LogP contribution >= 0.6 is 11.3 Å². The third kappa shape index (κ3) is 3.01. The highest BCUT2D eigenvalue weighted by molar-refractivity contribution is 7.17. The predicted molar refractivity (Wildman–Crippen MR) is 98.0 cm³/mol. The molecule has 0 fully saturated rings. The molecule has 4 aromatic rings. The summed E-state index contributed by atoms with van der Waals surface area (Å²) in [4.78, 5) is 33.1. The molecule has 0 radical (unpaired) electrons. The van der Waals surface area contributed by atoms with Gasteiger partial charge in [0.05, 0.1) is 17.4 Å². The molecule has 0 unspecified atom stereocenters. The van der Waals surface area contributed by atoms with E-state index in [0.717, 1.165) is 10.9 Å². The van der Waals surface area contributed by atoms with Gasteiger partial charge in [0, 0.05) is 30.2 Å². The maximum atomic E-state index is 12.3. The zero-order valence-electron chi connectivity index (χ0n) is 13.2. The van der Waals surface area contributed by atoms with Gasteiger partial charge in [-0.25, -0.2) is 4.98 Å². The number of carbonyl (C=O) groups excluding carboxylic acids is 1. The fourth-order valence-corrected chi connectivity index (χ4v) is 3.44. The molecule has 3 aromatic heterocycles. The van der Waals surface area contributed by atoms with Crippen LogP contribution in [0, 0.1) is 0 Å². The van der Waals surface area contributed by atoms with Crippen molar-refractivity contribution in [1.82, 2.24) is 19.9 Å². The van der Waals surface area contributed by atoms with Crippen molar-refractivity contribution in [3.63, 3.8) is 0 Å². The van der Waals surface area contributed by atoms with Crippen molar-refractivity contribution in [1.29, 1.82) is 0 Å². The number of amides is 1.